The van der Waals surface area contributed by atoms with Crippen LogP contribution in [-0.4, -0.2) is 39.2 Å². The number of rotatable bonds is 7. The second-order valence-corrected chi connectivity index (χ2v) is 7.74. The van der Waals surface area contributed by atoms with Crippen molar-refractivity contribution in [2.75, 3.05) is 28.7 Å². The summed E-state index contributed by atoms with van der Waals surface area (Å²) in [6, 6.07) is 13.8. The zero-order valence-electron chi connectivity index (χ0n) is 16.4. The number of benzene rings is 2. The molecule has 0 unspecified atom stereocenters. The van der Waals surface area contributed by atoms with E-state index in [2.05, 4.69) is 51.6 Å². The van der Waals surface area contributed by atoms with Gasteiger partial charge in [-0.2, -0.15) is 20.1 Å². The molecule has 1 aliphatic heterocycles. The molecule has 2 aromatic carbocycles. The maximum Gasteiger partial charge on any atom is 0.269 e. The third-order valence-corrected chi connectivity index (χ3v) is 5.12. The first-order valence-electron chi connectivity index (χ1n) is 9.64. The van der Waals surface area contributed by atoms with E-state index in [1.807, 2.05) is 24.3 Å². The summed E-state index contributed by atoms with van der Waals surface area (Å²) in [5.41, 5.74) is 4.44. The Hall–Kier alpha value is -3.60. The molecule has 4 rings (SSSR count). The predicted octanol–water partition coefficient (Wildman–Crippen LogP) is 4.33. The molecule has 2 heterocycles. The zero-order chi connectivity index (χ0) is 21.6. The number of halogens is 1. The van der Waals surface area contributed by atoms with Crippen LogP contribution in [0.1, 0.15) is 18.4 Å². The number of nitrogens with one attached hydrogen (secondary N) is 2. The molecule has 0 aliphatic carbocycles. The van der Waals surface area contributed by atoms with Gasteiger partial charge in [0.05, 0.1) is 11.1 Å². The summed E-state index contributed by atoms with van der Waals surface area (Å²) in [6.07, 6.45) is 3.84. The van der Waals surface area contributed by atoms with Gasteiger partial charge in [-0.25, -0.2) is 5.43 Å². The number of nitrogens with zero attached hydrogens (tertiary/aromatic N) is 6. The topological polar surface area (TPSA) is 121 Å². The molecule has 10 nitrogen and oxygen atoms in total. The summed E-state index contributed by atoms with van der Waals surface area (Å²) in [6.45, 7) is 1.76. The van der Waals surface area contributed by atoms with Gasteiger partial charge in [-0.3, -0.25) is 10.1 Å². The van der Waals surface area contributed by atoms with E-state index in [0.717, 1.165) is 36.0 Å². The highest BCUT2D eigenvalue weighted by molar-refractivity contribution is 9.10. The molecule has 1 saturated heterocycles. The SMILES string of the molecule is O=[N+]([O-])c1ccc(Nc2nc(NN=Cc3ccc(Br)cc3)nc(N3CCCC3)n2)cc1. The van der Waals surface area contributed by atoms with Gasteiger partial charge in [-0.05, 0) is 42.7 Å². The van der Waals surface area contributed by atoms with Crippen molar-refractivity contribution in [3.8, 4) is 0 Å². The van der Waals surface area contributed by atoms with Crippen molar-refractivity contribution in [1.29, 1.82) is 0 Å². The fraction of sp³-hybridized carbons (Fsp3) is 0.200. The molecule has 2 N–H and O–H groups in total. The first-order chi connectivity index (χ1) is 15.1. The first-order valence-corrected chi connectivity index (χ1v) is 10.4. The molecule has 3 aromatic rings. The lowest BCUT2D eigenvalue weighted by Crippen LogP contribution is -2.21. The Balaban J connectivity index is 1.54. The Morgan fingerprint density at radius 3 is 2.35 bits per heavy atom. The highest BCUT2D eigenvalue weighted by atomic mass is 79.9. The van der Waals surface area contributed by atoms with E-state index in [0.29, 0.717) is 23.5 Å². The van der Waals surface area contributed by atoms with Gasteiger partial charge in [0, 0.05) is 35.4 Å². The van der Waals surface area contributed by atoms with Gasteiger partial charge in [0.1, 0.15) is 0 Å². The van der Waals surface area contributed by atoms with Gasteiger partial charge in [-0.1, -0.05) is 28.1 Å². The highest BCUT2D eigenvalue weighted by Gasteiger charge is 2.17. The second kappa shape index (κ2) is 9.47. The second-order valence-electron chi connectivity index (χ2n) is 6.83. The molecule has 0 radical (unpaired) electrons. The summed E-state index contributed by atoms with van der Waals surface area (Å²) < 4.78 is 0.993. The maximum absolute atomic E-state index is 10.8. The first kappa shape index (κ1) is 20.7. The summed E-state index contributed by atoms with van der Waals surface area (Å²) in [7, 11) is 0. The Morgan fingerprint density at radius 1 is 1.00 bits per heavy atom. The molecule has 0 amide bonds. The number of nitro benzene ring substituents is 1. The molecule has 158 valence electrons. The van der Waals surface area contributed by atoms with Gasteiger partial charge in [0.2, 0.25) is 17.8 Å². The van der Waals surface area contributed by atoms with Crippen molar-refractivity contribution in [3.05, 3.63) is 68.7 Å². The number of hydrazone groups is 1. The molecule has 0 atom stereocenters. The van der Waals surface area contributed by atoms with E-state index in [1.165, 1.54) is 12.1 Å². The van der Waals surface area contributed by atoms with Gasteiger partial charge in [0.25, 0.3) is 5.69 Å². The fourth-order valence-corrected chi connectivity index (χ4v) is 3.30. The average Bonchev–Trinajstić information content (AvgIpc) is 3.30. The number of non-ortho nitro benzene ring substituents is 1. The van der Waals surface area contributed by atoms with Crippen LogP contribution in [0.15, 0.2) is 58.1 Å². The summed E-state index contributed by atoms with van der Waals surface area (Å²) >= 11 is 3.40. The van der Waals surface area contributed by atoms with Gasteiger partial charge < -0.3 is 10.2 Å². The fourth-order valence-electron chi connectivity index (χ4n) is 3.04. The van der Waals surface area contributed by atoms with E-state index in [1.54, 1.807) is 18.3 Å². The molecule has 0 bridgehead atoms. The number of nitro groups is 1. The lowest BCUT2D eigenvalue weighted by Gasteiger charge is -2.16. The number of hydrogen-bond acceptors (Lipinski definition) is 9. The monoisotopic (exact) mass is 482 g/mol. The molecular weight excluding hydrogens is 464 g/mol. The van der Waals surface area contributed by atoms with E-state index in [9.17, 15) is 10.1 Å². The molecular formula is C20H19BrN8O2. The van der Waals surface area contributed by atoms with Crippen molar-refractivity contribution in [2.24, 2.45) is 5.10 Å². The number of hydrogen-bond donors (Lipinski definition) is 2. The highest BCUT2D eigenvalue weighted by Crippen LogP contribution is 2.22. The van der Waals surface area contributed by atoms with Crippen molar-refractivity contribution < 1.29 is 4.92 Å². The quantitative estimate of drug-likeness (QED) is 0.289. The molecule has 0 spiro atoms. The molecule has 1 aliphatic rings. The van der Waals surface area contributed by atoms with Crippen molar-refractivity contribution in [3.63, 3.8) is 0 Å². The van der Waals surface area contributed by atoms with Crippen LogP contribution in [-0.2, 0) is 0 Å². The smallest absolute Gasteiger partial charge is 0.269 e. The molecule has 31 heavy (non-hydrogen) atoms. The summed E-state index contributed by atoms with van der Waals surface area (Å²) in [5.74, 6) is 1.18. The van der Waals surface area contributed by atoms with E-state index < -0.39 is 4.92 Å². The normalized spacial score (nSPS) is 13.5. The molecule has 0 saturated carbocycles. The number of aromatic nitrogens is 3. The van der Waals surface area contributed by atoms with Gasteiger partial charge >= 0.3 is 0 Å². The van der Waals surface area contributed by atoms with Crippen LogP contribution in [0.5, 0.6) is 0 Å². The number of anilines is 4. The third kappa shape index (κ3) is 5.51. The minimum atomic E-state index is -0.441. The van der Waals surface area contributed by atoms with Gasteiger partial charge in [-0.15, -0.1) is 0 Å². The third-order valence-electron chi connectivity index (χ3n) is 4.59. The Kier molecular flexibility index (Phi) is 6.32. The Bertz CT molecular complexity index is 1080. The van der Waals surface area contributed by atoms with Crippen LogP contribution in [0.25, 0.3) is 0 Å². The molecule has 11 heteroatoms. The van der Waals surface area contributed by atoms with Crippen LogP contribution in [0.2, 0.25) is 0 Å². The minimum absolute atomic E-state index is 0.0172. The van der Waals surface area contributed by atoms with Crippen LogP contribution >= 0.6 is 15.9 Å². The zero-order valence-corrected chi connectivity index (χ0v) is 18.0. The minimum Gasteiger partial charge on any atom is -0.341 e. The Morgan fingerprint density at radius 2 is 1.68 bits per heavy atom. The van der Waals surface area contributed by atoms with Crippen LogP contribution < -0.4 is 15.6 Å². The molecule has 1 fully saturated rings. The predicted molar refractivity (Wildman–Crippen MR) is 123 cm³/mol. The van der Waals surface area contributed by atoms with Crippen molar-refractivity contribution in [1.82, 2.24) is 15.0 Å². The van der Waals surface area contributed by atoms with Crippen LogP contribution in [0.3, 0.4) is 0 Å². The van der Waals surface area contributed by atoms with Crippen LogP contribution in [0.4, 0.5) is 29.2 Å². The average molecular weight is 483 g/mol. The van der Waals surface area contributed by atoms with Crippen molar-refractivity contribution >= 4 is 51.4 Å². The van der Waals surface area contributed by atoms with Crippen LogP contribution in [0, 0.1) is 10.1 Å². The van der Waals surface area contributed by atoms with Crippen molar-refractivity contribution in [2.45, 2.75) is 12.8 Å². The largest absolute Gasteiger partial charge is 0.341 e. The summed E-state index contributed by atoms with van der Waals surface area (Å²) in [5, 5.41) is 18.2. The van der Waals surface area contributed by atoms with E-state index in [4.69, 9.17) is 0 Å². The van der Waals surface area contributed by atoms with E-state index in [-0.39, 0.29) is 5.69 Å². The lowest BCUT2D eigenvalue weighted by atomic mass is 10.2. The summed E-state index contributed by atoms with van der Waals surface area (Å²) in [4.78, 5) is 25.9. The molecule has 1 aromatic heterocycles. The Labute approximate surface area is 186 Å². The van der Waals surface area contributed by atoms with E-state index >= 15 is 0 Å². The maximum atomic E-state index is 10.8. The lowest BCUT2D eigenvalue weighted by molar-refractivity contribution is -0.384. The van der Waals surface area contributed by atoms with Gasteiger partial charge in [0.15, 0.2) is 0 Å². The standard InChI is InChI=1S/C20H19BrN8O2/c21-15-5-3-14(4-6-15)13-22-27-19-24-18(25-20(26-19)28-11-1-2-12-28)23-16-7-9-17(10-8-16)29(30)31/h3-10,13H,1-2,11-12H2,(H2,23,24,25,26,27).